The van der Waals surface area contributed by atoms with Gasteiger partial charge in [0.2, 0.25) is 11.8 Å². The fraction of sp³-hybridized carbons (Fsp3) is 0.318. The number of carbonyl (C=O) groups excluding carboxylic acids is 3. The summed E-state index contributed by atoms with van der Waals surface area (Å²) in [6.07, 6.45) is 2.95. The number of hydrogen-bond acceptors (Lipinski definition) is 4. The molecule has 2 heterocycles. The normalized spacial score (nSPS) is 18.7. The second-order valence-corrected chi connectivity index (χ2v) is 8.45. The highest BCUT2D eigenvalue weighted by Gasteiger charge is 2.41. The lowest BCUT2D eigenvalue weighted by atomic mass is 10.1. The molecule has 1 saturated heterocycles. The first-order valence-corrected chi connectivity index (χ1v) is 10.8. The summed E-state index contributed by atoms with van der Waals surface area (Å²) in [6, 6.07) is 13.1. The predicted molar refractivity (Wildman–Crippen MR) is 114 cm³/mol. The number of carbonyl (C=O) groups is 3. The summed E-state index contributed by atoms with van der Waals surface area (Å²) >= 11 is 1.23. The Bertz CT molecular complexity index is 978. The van der Waals surface area contributed by atoms with Crippen LogP contribution in [-0.2, 0) is 14.4 Å². The number of benzene rings is 2. The highest BCUT2D eigenvalue weighted by atomic mass is 32.2. The molecule has 30 heavy (non-hydrogen) atoms. The minimum absolute atomic E-state index is 0.0514. The van der Waals surface area contributed by atoms with Crippen molar-refractivity contribution >= 4 is 40.9 Å². The summed E-state index contributed by atoms with van der Waals surface area (Å²) in [4.78, 5) is 42.7. The number of amides is 3. The third kappa shape index (κ3) is 4.18. The first kappa shape index (κ1) is 20.4. The van der Waals surface area contributed by atoms with Crippen LogP contribution in [0.25, 0.3) is 0 Å². The number of likely N-dealkylation sites (tertiary alicyclic amines) is 1. The van der Waals surface area contributed by atoms with Crippen molar-refractivity contribution in [3.05, 3.63) is 54.3 Å². The molecule has 0 bridgehead atoms. The topological polar surface area (TPSA) is 69.7 Å². The van der Waals surface area contributed by atoms with E-state index in [1.807, 2.05) is 12.1 Å². The van der Waals surface area contributed by atoms with Crippen LogP contribution in [0.5, 0.6) is 0 Å². The molecule has 2 aliphatic heterocycles. The molecule has 8 heteroatoms. The summed E-state index contributed by atoms with van der Waals surface area (Å²) in [5.41, 5.74) is 0.634. The van der Waals surface area contributed by atoms with Crippen LogP contribution in [0.1, 0.15) is 19.3 Å². The fourth-order valence-electron chi connectivity index (χ4n) is 3.71. The standard InChI is InChI=1S/C22H22FN3O3S/c23-15-8-2-3-9-16(15)24-19(27)14-26-17-10-4-5-11-18(17)30-20(22(26)29)21(28)25-12-6-1-7-13-25/h2-5,8-11,20H,1,6-7,12-14H2,(H,24,27)/t20-/m0/s1. The first-order chi connectivity index (χ1) is 14.5. The van der Waals surface area contributed by atoms with Gasteiger partial charge in [-0.15, -0.1) is 11.8 Å². The van der Waals surface area contributed by atoms with Crippen molar-refractivity contribution in [2.45, 2.75) is 29.4 Å². The largest absolute Gasteiger partial charge is 0.341 e. The number of anilines is 2. The summed E-state index contributed by atoms with van der Waals surface area (Å²) in [6.45, 7) is 1.01. The Balaban J connectivity index is 1.56. The van der Waals surface area contributed by atoms with Crippen LogP contribution >= 0.6 is 11.8 Å². The van der Waals surface area contributed by atoms with E-state index >= 15 is 0 Å². The van der Waals surface area contributed by atoms with Gasteiger partial charge in [0.25, 0.3) is 5.91 Å². The van der Waals surface area contributed by atoms with Crippen LogP contribution in [0.4, 0.5) is 15.8 Å². The molecule has 2 aliphatic rings. The van der Waals surface area contributed by atoms with Gasteiger partial charge in [0.1, 0.15) is 12.4 Å². The van der Waals surface area contributed by atoms with Gasteiger partial charge in [0, 0.05) is 18.0 Å². The summed E-state index contributed by atoms with van der Waals surface area (Å²) in [7, 11) is 0. The van der Waals surface area contributed by atoms with E-state index in [1.165, 1.54) is 34.9 Å². The third-order valence-corrected chi connectivity index (χ3v) is 6.47. The van der Waals surface area contributed by atoms with Crippen LogP contribution < -0.4 is 10.2 Å². The van der Waals surface area contributed by atoms with Crippen molar-refractivity contribution in [2.75, 3.05) is 29.9 Å². The number of nitrogens with zero attached hydrogens (tertiary/aromatic N) is 2. The van der Waals surface area contributed by atoms with Crippen LogP contribution in [0.15, 0.2) is 53.4 Å². The molecule has 156 valence electrons. The molecule has 2 aromatic rings. The Hall–Kier alpha value is -2.87. The molecule has 0 radical (unpaired) electrons. The van der Waals surface area contributed by atoms with Crippen molar-refractivity contribution in [1.82, 2.24) is 4.90 Å². The molecular weight excluding hydrogens is 405 g/mol. The SMILES string of the molecule is O=C(CN1C(=O)[C@H](C(=O)N2CCCCC2)Sc2ccccc21)Nc1ccccc1F. The van der Waals surface area contributed by atoms with Crippen molar-refractivity contribution in [1.29, 1.82) is 0 Å². The maximum absolute atomic E-state index is 13.9. The van der Waals surface area contributed by atoms with E-state index in [0.717, 1.165) is 24.2 Å². The number of piperidine rings is 1. The lowest BCUT2D eigenvalue weighted by molar-refractivity contribution is -0.135. The number of rotatable bonds is 4. The van der Waals surface area contributed by atoms with Gasteiger partial charge in [0.15, 0.2) is 5.25 Å². The Morgan fingerprint density at radius 1 is 1.03 bits per heavy atom. The Morgan fingerprint density at radius 2 is 1.73 bits per heavy atom. The van der Waals surface area contributed by atoms with Gasteiger partial charge < -0.3 is 15.1 Å². The molecule has 3 amide bonds. The molecule has 0 unspecified atom stereocenters. The quantitative estimate of drug-likeness (QED) is 0.761. The van der Waals surface area contributed by atoms with E-state index < -0.39 is 22.9 Å². The molecule has 0 saturated carbocycles. The fourth-order valence-corrected chi connectivity index (χ4v) is 4.90. The lowest BCUT2D eigenvalue weighted by Crippen LogP contribution is -2.52. The summed E-state index contributed by atoms with van der Waals surface area (Å²) in [5.74, 6) is -1.71. The highest BCUT2D eigenvalue weighted by molar-refractivity contribution is 8.01. The van der Waals surface area contributed by atoms with E-state index in [-0.39, 0.29) is 18.1 Å². The van der Waals surface area contributed by atoms with Gasteiger partial charge >= 0.3 is 0 Å². The van der Waals surface area contributed by atoms with E-state index in [2.05, 4.69) is 5.32 Å². The molecule has 0 spiro atoms. The monoisotopic (exact) mass is 427 g/mol. The zero-order valence-corrected chi connectivity index (χ0v) is 17.2. The van der Waals surface area contributed by atoms with Gasteiger partial charge in [-0.2, -0.15) is 0 Å². The zero-order valence-electron chi connectivity index (χ0n) is 16.3. The van der Waals surface area contributed by atoms with Gasteiger partial charge in [-0.05, 0) is 43.5 Å². The molecule has 6 nitrogen and oxygen atoms in total. The predicted octanol–water partition coefficient (Wildman–Crippen LogP) is 3.28. The third-order valence-electron chi connectivity index (χ3n) is 5.23. The Morgan fingerprint density at radius 3 is 2.50 bits per heavy atom. The highest BCUT2D eigenvalue weighted by Crippen LogP contribution is 2.40. The zero-order chi connectivity index (χ0) is 21.1. The average molecular weight is 428 g/mol. The maximum atomic E-state index is 13.9. The first-order valence-electron chi connectivity index (χ1n) is 9.95. The number of hydrogen-bond donors (Lipinski definition) is 1. The van der Waals surface area contributed by atoms with Crippen molar-refractivity contribution in [3.8, 4) is 0 Å². The minimum Gasteiger partial charge on any atom is -0.341 e. The average Bonchev–Trinajstić information content (AvgIpc) is 2.77. The molecule has 0 aliphatic carbocycles. The summed E-state index contributed by atoms with van der Waals surface area (Å²) < 4.78 is 13.9. The molecule has 0 aromatic heterocycles. The number of para-hydroxylation sites is 2. The van der Waals surface area contributed by atoms with Crippen molar-refractivity contribution in [2.24, 2.45) is 0 Å². The van der Waals surface area contributed by atoms with E-state index in [0.29, 0.717) is 18.8 Å². The number of fused-ring (bicyclic) bond motifs is 1. The Labute approximate surface area is 178 Å². The van der Waals surface area contributed by atoms with Gasteiger partial charge in [-0.3, -0.25) is 14.4 Å². The smallest absolute Gasteiger partial charge is 0.250 e. The van der Waals surface area contributed by atoms with Gasteiger partial charge in [0.05, 0.1) is 11.4 Å². The number of thioether (sulfide) groups is 1. The second-order valence-electron chi connectivity index (χ2n) is 7.30. The molecule has 1 fully saturated rings. The van der Waals surface area contributed by atoms with Gasteiger partial charge in [-0.25, -0.2) is 4.39 Å². The van der Waals surface area contributed by atoms with Crippen LogP contribution in [0.2, 0.25) is 0 Å². The number of halogens is 1. The molecule has 2 aromatic carbocycles. The van der Waals surface area contributed by atoms with E-state index in [4.69, 9.17) is 0 Å². The van der Waals surface area contributed by atoms with Crippen molar-refractivity contribution in [3.63, 3.8) is 0 Å². The van der Waals surface area contributed by atoms with Crippen LogP contribution in [0.3, 0.4) is 0 Å². The minimum atomic E-state index is -0.917. The van der Waals surface area contributed by atoms with Crippen LogP contribution in [0, 0.1) is 5.82 Å². The van der Waals surface area contributed by atoms with E-state index in [1.54, 1.807) is 23.1 Å². The lowest BCUT2D eigenvalue weighted by Gasteiger charge is -2.36. The van der Waals surface area contributed by atoms with E-state index in [9.17, 15) is 18.8 Å². The number of nitrogens with one attached hydrogen (secondary N) is 1. The molecule has 1 N–H and O–H groups in total. The molecular formula is C22H22FN3O3S. The van der Waals surface area contributed by atoms with Crippen molar-refractivity contribution < 1.29 is 18.8 Å². The summed E-state index contributed by atoms with van der Waals surface area (Å²) in [5, 5.41) is 1.59. The second kappa shape index (κ2) is 8.87. The molecule has 4 rings (SSSR count). The Kier molecular flexibility index (Phi) is 6.03. The maximum Gasteiger partial charge on any atom is 0.250 e. The van der Waals surface area contributed by atoms with Gasteiger partial charge in [-0.1, -0.05) is 24.3 Å². The van der Waals surface area contributed by atoms with Crippen LogP contribution in [-0.4, -0.2) is 47.5 Å². The molecule has 1 atom stereocenters.